The van der Waals surface area contributed by atoms with Crippen LogP contribution >= 0.6 is 0 Å². The fourth-order valence-corrected chi connectivity index (χ4v) is 5.00. The van der Waals surface area contributed by atoms with E-state index in [0.29, 0.717) is 0 Å². The van der Waals surface area contributed by atoms with E-state index in [1.54, 1.807) is 0 Å². The first-order valence-corrected chi connectivity index (χ1v) is 10.4. The van der Waals surface area contributed by atoms with Gasteiger partial charge in [-0.1, -0.05) is 89.2 Å². The summed E-state index contributed by atoms with van der Waals surface area (Å²) in [5.74, 6) is 0. The van der Waals surface area contributed by atoms with Gasteiger partial charge in [-0.2, -0.15) is 0 Å². The topological polar surface area (TPSA) is 12.9 Å². The fourth-order valence-electron chi connectivity index (χ4n) is 5.00. The third kappa shape index (κ3) is 2.64. The quantitative estimate of drug-likeness (QED) is 0.334. The second-order valence-corrected chi connectivity index (χ2v) is 9.74. The van der Waals surface area contributed by atoms with Crippen LogP contribution in [-0.2, 0) is 10.8 Å². The number of hydrogen-bond acceptors (Lipinski definition) is 1. The zero-order valence-electron chi connectivity index (χ0n) is 17.9. The maximum absolute atomic E-state index is 4.79. The van der Waals surface area contributed by atoms with E-state index in [-0.39, 0.29) is 10.8 Å². The van der Waals surface area contributed by atoms with Crippen molar-refractivity contribution in [3.8, 4) is 22.4 Å². The zero-order chi connectivity index (χ0) is 20.4. The molecule has 1 nitrogen and oxygen atoms in total. The van der Waals surface area contributed by atoms with Gasteiger partial charge in [-0.05, 0) is 56.1 Å². The van der Waals surface area contributed by atoms with Crippen molar-refractivity contribution in [1.29, 1.82) is 0 Å². The van der Waals surface area contributed by atoms with Gasteiger partial charge < -0.3 is 0 Å². The van der Waals surface area contributed by atoms with Crippen LogP contribution in [0.5, 0.6) is 0 Å². The van der Waals surface area contributed by atoms with Crippen molar-refractivity contribution in [1.82, 2.24) is 4.98 Å². The molecule has 4 aromatic rings. The third-order valence-electron chi connectivity index (χ3n) is 6.44. The fraction of sp³-hybridized carbons (Fsp3) is 0.250. The number of fused-ring (bicyclic) bond motifs is 5. The van der Waals surface area contributed by atoms with Gasteiger partial charge in [-0.3, -0.25) is 4.98 Å². The first-order chi connectivity index (χ1) is 13.8. The molecule has 0 atom stereocenters. The Morgan fingerprint density at radius 2 is 1.45 bits per heavy atom. The standard InChI is InChI=1S/C28H27N/c1-27(2,3)19-15-16-29-24(17-19)23-12-8-11-21-22-14-13-18-9-6-7-10-20(18)25(22)28(4,5)26(21)23/h6-17H,1-5H3. The number of hydrogen-bond donors (Lipinski definition) is 0. The molecule has 144 valence electrons. The summed E-state index contributed by atoms with van der Waals surface area (Å²) in [6, 6.07) is 24.4. The molecular weight excluding hydrogens is 350 g/mol. The number of aromatic nitrogens is 1. The Morgan fingerprint density at radius 3 is 2.24 bits per heavy atom. The van der Waals surface area contributed by atoms with Crippen LogP contribution in [0.3, 0.4) is 0 Å². The van der Waals surface area contributed by atoms with Gasteiger partial charge in [0.15, 0.2) is 0 Å². The summed E-state index contributed by atoms with van der Waals surface area (Å²) in [5, 5.41) is 2.66. The lowest BCUT2D eigenvalue weighted by Gasteiger charge is -2.26. The second-order valence-electron chi connectivity index (χ2n) is 9.74. The summed E-state index contributed by atoms with van der Waals surface area (Å²) in [6.45, 7) is 11.5. The molecule has 0 aliphatic heterocycles. The molecule has 5 rings (SSSR count). The molecule has 0 saturated carbocycles. The molecule has 0 amide bonds. The van der Waals surface area contributed by atoms with Crippen LogP contribution in [-0.4, -0.2) is 4.98 Å². The Hall–Kier alpha value is -2.93. The van der Waals surface area contributed by atoms with Crippen molar-refractivity contribution in [3.63, 3.8) is 0 Å². The van der Waals surface area contributed by atoms with Crippen LogP contribution < -0.4 is 0 Å². The van der Waals surface area contributed by atoms with Crippen LogP contribution in [0.1, 0.15) is 51.3 Å². The van der Waals surface area contributed by atoms with E-state index < -0.39 is 0 Å². The van der Waals surface area contributed by atoms with Gasteiger partial charge in [0.2, 0.25) is 0 Å². The summed E-state index contributed by atoms with van der Waals surface area (Å²) in [4.78, 5) is 4.79. The van der Waals surface area contributed by atoms with E-state index in [4.69, 9.17) is 4.98 Å². The van der Waals surface area contributed by atoms with Gasteiger partial charge in [0.25, 0.3) is 0 Å². The maximum Gasteiger partial charge on any atom is 0.0708 e. The highest BCUT2D eigenvalue weighted by Gasteiger charge is 2.39. The van der Waals surface area contributed by atoms with Gasteiger partial charge in [0.1, 0.15) is 0 Å². The molecule has 0 spiro atoms. The summed E-state index contributed by atoms with van der Waals surface area (Å²) in [7, 11) is 0. The SMILES string of the molecule is CC(C)(C)c1ccnc(-c2cccc3c2C(C)(C)c2c-3ccc3ccccc23)c1. The van der Waals surface area contributed by atoms with Gasteiger partial charge in [-0.25, -0.2) is 0 Å². The van der Waals surface area contributed by atoms with Gasteiger partial charge in [0, 0.05) is 17.2 Å². The van der Waals surface area contributed by atoms with E-state index in [1.807, 2.05) is 6.20 Å². The predicted molar refractivity (Wildman–Crippen MR) is 123 cm³/mol. The lowest BCUT2D eigenvalue weighted by Crippen LogP contribution is -2.17. The molecule has 0 saturated heterocycles. The van der Waals surface area contributed by atoms with Crippen LogP contribution in [0.2, 0.25) is 0 Å². The molecule has 0 bridgehead atoms. The van der Waals surface area contributed by atoms with Crippen molar-refractivity contribution >= 4 is 10.8 Å². The van der Waals surface area contributed by atoms with E-state index in [9.17, 15) is 0 Å². The molecule has 0 fully saturated rings. The summed E-state index contributed by atoms with van der Waals surface area (Å²) < 4.78 is 0. The van der Waals surface area contributed by atoms with Crippen molar-refractivity contribution < 1.29 is 0 Å². The molecule has 0 N–H and O–H groups in total. The molecule has 1 heterocycles. The number of rotatable bonds is 1. The average Bonchev–Trinajstić information content (AvgIpc) is 2.95. The monoisotopic (exact) mass is 377 g/mol. The highest BCUT2D eigenvalue weighted by molar-refractivity contribution is 5.99. The van der Waals surface area contributed by atoms with Crippen molar-refractivity contribution in [2.75, 3.05) is 0 Å². The first-order valence-electron chi connectivity index (χ1n) is 10.4. The Balaban J connectivity index is 1.80. The molecule has 3 aromatic carbocycles. The molecule has 1 aromatic heterocycles. The molecule has 0 radical (unpaired) electrons. The predicted octanol–water partition coefficient (Wildman–Crippen LogP) is 7.51. The van der Waals surface area contributed by atoms with Gasteiger partial charge >= 0.3 is 0 Å². The Labute approximate surface area is 173 Å². The lowest BCUT2D eigenvalue weighted by molar-refractivity contribution is 0.589. The molecule has 1 aliphatic rings. The van der Waals surface area contributed by atoms with E-state index in [2.05, 4.69) is 101 Å². The highest BCUT2D eigenvalue weighted by Crippen LogP contribution is 2.54. The van der Waals surface area contributed by atoms with Crippen molar-refractivity contribution in [2.24, 2.45) is 0 Å². The first kappa shape index (κ1) is 18.1. The number of pyridine rings is 1. The lowest BCUT2D eigenvalue weighted by atomic mass is 9.77. The minimum atomic E-state index is -0.0818. The summed E-state index contributed by atoms with van der Waals surface area (Å²) in [6.07, 6.45) is 1.96. The van der Waals surface area contributed by atoms with Crippen molar-refractivity contribution in [2.45, 2.75) is 45.4 Å². The molecule has 1 heteroatoms. The maximum atomic E-state index is 4.79. The molecule has 1 aliphatic carbocycles. The van der Waals surface area contributed by atoms with Crippen LogP contribution in [0.15, 0.2) is 72.9 Å². The Morgan fingerprint density at radius 1 is 0.724 bits per heavy atom. The van der Waals surface area contributed by atoms with Crippen LogP contribution in [0.4, 0.5) is 0 Å². The van der Waals surface area contributed by atoms with Gasteiger partial charge in [0.05, 0.1) is 5.69 Å². The number of benzene rings is 3. The third-order valence-corrected chi connectivity index (χ3v) is 6.44. The van der Waals surface area contributed by atoms with E-state index >= 15 is 0 Å². The average molecular weight is 378 g/mol. The van der Waals surface area contributed by atoms with Crippen LogP contribution in [0, 0.1) is 0 Å². The zero-order valence-corrected chi connectivity index (χ0v) is 17.9. The minimum Gasteiger partial charge on any atom is -0.256 e. The Bertz CT molecular complexity index is 1260. The largest absolute Gasteiger partial charge is 0.256 e. The molecule has 0 unspecified atom stereocenters. The van der Waals surface area contributed by atoms with Crippen molar-refractivity contribution in [3.05, 3.63) is 89.6 Å². The summed E-state index contributed by atoms with van der Waals surface area (Å²) >= 11 is 0. The van der Waals surface area contributed by atoms with E-state index in [0.717, 1.165) is 5.69 Å². The highest BCUT2D eigenvalue weighted by atomic mass is 14.7. The van der Waals surface area contributed by atoms with Crippen LogP contribution in [0.25, 0.3) is 33.2 Å². The molecular formula is C28H27N. The van der Waals surface area contributed by atoms with E-state index in [1.165, 1.54) is 44.2 Å². The Kier molecular flexibility index (Phi) is 3.77. The van der Waals surface area contributed by atoms with Gasteiger partial charge in [-0.15, -0.1) is 0 Å². The normalized spacial score (nSPS) is 14.7. The molecule has 29 heavy (non-hydrogen) atoms. The second kappa shape index (κ2) is 6.03. The minimum absolute atomic E-state index is 0.0818. The smallest absolute Gasteiger partial charge is 0.0708 e. The number of nitrogens with zero attached hydrogens (tertiary/aromatic N) is 1. The summed E-state index contributed by atoms with van der Waals surface area (Å²) in [5.41, 5.74) is 9.19.